The second kappa shape index (κ2) is 40.4. The number of carbonyl (C=O) groups excluding carboxylic acids is 5. The maximum atomic E-state index is 12.9. The number of fused-ring (bicyclic) bond motifs is 12. The molecule has 628 valence electrons. The first-order valence-corrected chi connectivity index (χ1v) is 43.1. The molecule has 0 bridgehead atoms. The molecule has 0 fully saturated rings. The minimum absolute atomic E-state index is 0.0707. The number of alkyl carbamates (subject to hydrolysis) is 1. The molecule has 0 aromatic carbocycles. The van der Waals surface area contributed by atoms with Crippen molar-refractivity contribution in [1.29, 1.82) is 0 Å². The third kappa shape index (κ3) is 25.6. The molecule has 0 saturated carbocycles. The van der Waals surface area contributed by atoms with E-state index in [2.05, 4.69) is 150 Å². The molecule has 8 aromatic heterocycles. The summed E-state index contributed by atoms with van der Waals surface area (Å²) in [6, 6.07) is 16.4. The lowest BCUT2D eigenvalue weighted by atomic mass is 9.90. The number of likely N-dealkylation sites (N-methyl/N-ethyl adjacent to an activating group) is 1. The van der Waals surface area contributed by atoms with Crippen LogP contribution in [-0.4, -0.2) is 223 Å². The number of H-pyrrole nitrogens is 1. The highest BCUT2D eigenvalue weighted by molar-refractivity contribution is 9.11. The zero-order chi connectivity index (χ0) is 84.1. The number of aryl methyl sites for hydroxylation is 2. The highest BCUT2D eigenvalue weighted by Gasteiger charge is 2.38. The Morgan fingerprint density at radius 1 is 0.456 bits per heavy atom. The summed E-state index contributed by atoms with van der Waals surface area (Å²) in [5, 5.41) is 8.10. The van der Waals surface area contributed by atoms with E-state index in [1.807, 2.05) is 150 Å². The molecule has 4 aliphatic rings. The predicted octanol–water partition coefficient (Wildman–Crippen LogP) is 18.2. The molecule has 3 amide bonds. The molecule has 12 rings (SSSR count). The lowest BCUT2D eigenvalue weighted by Crippen LogP contribution is -2.47. The van der Waals surface area contributed by atoms with Crippen LogP contribution in [0, 0.1) is 0 Å². The van der Waals surface area contributed by atoms with E-state index in [4.69, 9.17) is 37.9 Å². The van der Waals surface area contributed by atoms with E-state index in [0.717, 1.165) is 135 Å². The van der Waals surface area contributed by atoms with Crippen LogP contribution in [0.5, 0.6) is 0 Å². The number of aromatic nitrogens is 8. The second-order valence-electron chi connectivity index (χ2n) is 33.9. The van der Waals surface area contributed by atoms with Gasteiger partial charge < -0.3 is 72.2 Å². The Morgan fingerprint density at radius 3 is 1.29 bits per heavy atom. The monoisotopic (exact) mass is 1900 g/mol. The van der Waals surface area contributed by atoms with Crippen molar-refractivity contribution in [1.82, 2.24) is 58.6 Å². The van der Waals surface area contributed by atoms with Crippen LogP contribution in [0.15, 0.2) is 66.9 Å². The number of rotatable bonds is 15. The number of ether oxygens (including phenoxy) is 9. The molecule has 4 unspecified atom stereocenters. The lowest BCUT2D eigenvalue weighted by Gasteiger charge is -2.35. The number of amides is 3. The van der Waals surface area contributed by atoms with Gasteiger partial charge in [0.05, 0.1) is 26.4 Å². The summed E-state index contributed by atoms with van der Waals surface area (Å²) < 4.78 is 56.7. The number of nitrogens with zero attached hydrogens (tertiary/aromatic N) is 10. The van der Waals surface area contributed by atoms with Gasteiger partial charge in [-0.3, -0.25) is 0 Å². The van der Waals surface area contributed by atoms with E-state index in [1.165, 1.54) is 28.1 Å². The van der Waals surface area contributed by atoms with Gasteiger partial charge in [0.25, 0.3) is 0 Å². The van der Waals surface area contributed by atoms with Crippen LogP contribution >= 0.6 is 79.6 Å². The highest BCUT2D eigenvalue weighted by Crippen LogP contribution is 2.39. The number of hydrogen-bond donors (Lipinski definition) is 2. The van der Waals surface area contributed by atoms with Crippen molar-refractivity contribution >= 4 is 154 Å². The van der Waals surface area contributed by atoms with Crippen LogP contribution in [-0.2, 0) is 101 Å². The lowest BCUT2D eigenvalue weighted by molar-refractivity contribution is 0.00790. The highest BCUT2D eigenvalue weighted by atomic mass is 79.9. The van der Waals surface area contributed by atoms with Gasteiger partial charge in [0.2, 0.25) is 0 Å². The summed E-state index contributed by atoms with van der Waals surface area (Å²) in [6.45, 7) is 32.5. The van der Waals surface area contributed by atoms with E-state index in [-0.39, 0.29) is 36.4 Å². The van der Waals surface area contributed by atoms with Crippen LogP contribution in [0.3, 0.4) is 0 Å². The zero-order valence-electron chi connectivity index (χ0n) is 70.1. The number of alkyl halides is 1. The molecular weight excluding hydrogens is 1790 g/mol. The van der Waals surface area contributed by atoms with Gasteiger partial charge in [-0.15, -0.1) is 0 Å². The summed E-state index contributed by atoms with van der Waals surface area (Å²) in [4.78, 5) is 91.3. The summed E-state index contributed by atoms with van der Waals surface area (Å²) in [5.41, 5.74) is 9.58. The molecule has 8 heterocycles. The summed E-state index contributed by atoms with van der Waals surface area (Å²) in [7, 11) is 10.9. The van der Waals surface area contributed by atoms with Gasteiger partial charge in [-0.1, -0.05) is 15.9 Å². The van der Waals surface area contributed by atoms with Crippen LogP contribution in [0.2, 0.25) is 0 Å². The van der Waals surface area contributed by atoms with Gasteiger partial charge in [-0.05, 0) is 322 Å². The van der Waals surface area contributed by atoms with Gasteiger partial charge >= 0.3 is 30.5 Å². The van der Waals surface area contributed by atoms with Crippen LogP contribution < -0.4 is 5.32 Å². The minimum atomic E-state index is -0.609. The second-order valence-corrected chi connectivity index (χ2v) is 37.9. The van der Waals surface area contributed by atoms with Gasteiger partial charge in [0.15, 0.2) is 11.3 Å². The number of nitrogens with one attached hydrogen (secondary N) is 2. The van der Waals surface area contributed by atoms with Gasteiger partial charge in [-0.2, -0.15) is 0 Å². The molecule has 0 spiro atoms. The maximum Gasteiger partial charge on any atom is 0.420 e. The Morgan fingerprint density at radius 2 is 0.833 bits per heavy atom. The number of carbonyl (C=O) groups is 5. The van der Waals surface area contributed by atoms with Crippen molar-refractivity contribution in [3.8, 4) is 0 Å². The number of halogens is 5. The Kier molecular flexibility index (Phi) is 33.1. The topological polar surface area (TPSA) is 272 Å². The predicted molar refractivity (Wildman–Crippen MR) is 463 cm³/mol. The Labute approximate surface area is 713 Å². The average Bonchev–Trinajstić information content (AvgIpc) is 1.63. The Bertz CT molecular complexity index is 4640. The standard InChI is InChI=1S/C21H28BrN3O4.2C20H28BrN3O3.C19H26BrN3O3.C3H7BrO/c1-20(2,3)28-18(26)23-12-7-9-15-14(11-12)13-8-10-16(22)24-17(13)25(15)19(27)29-21(4,5)6;1-20(2,3)27-19(25)24(10-11-26-5)13-6-8-16-15(12-13)14-7-9-17(21)22-18(14)23(16)4;1-20(2,3)27-19(25)24-16-8-6-13(23(4)10-11-26-5)12-15(16)14-7-9-17(21)22-18(14)24;1-19(2,3)26-18(24)23(9-10-25-4)12-5-7-15-14(11-12)13-6-8-16(20)22-17(13)21-15;1-5-3-2-4/h8,10,12H,7,9,11H2,1-6H3,(H,23,26);2*7,9,13H,6,8,10-12H2,1-5H3;6,8,12H,5,7,9-11H2,1-4H3,(H,21,22);2-3H2,1H3. The molecule has 2 N–H and O–H groups in total. The first kappa shape index (κ1) is 93.2. The molecule has 0 saturated heterocycles. The summed E-state index contributed by atoms with van der Waals surface area (Å²) >= 11 is 16.9. The quantitative estimate of drug-likeness (QED) is 0.0548. The van der Waals surface area contributed by atoms with Crippen molar-refractivity contribution < 1.29 is 66.6 Å². The van der Waals surface area contributed by atoms with E-state index < -0.39 is 40.2 Å². The number of aromatic amines is 1. The molecule has 0 radical (unpaired) electrons. The van der Waals surface area contributed by atoms with Crippen molar-refractivity contribution in [3.63, 3.8) is 0 Å². The Balaban J connectivity index is 0.000000186. The van der Waals surface area contributed by atoms with E-state index in [1.54, 1.807) is 37.6 Å². The first-order valence-electron chi connectivity index (χ1n) is 38.8. The third-order valence-electron chi connectivity index (χ3n) is 19.3. The fraction of sp³-hybridized carbons (Fsp3) is 0.602. The smallest absolute Gasteiger partial charge is 0.420 e. The van der Waals surface area contributed by atoms with Crippen molar-refractivity contribution in [2.45, 2.75) is 233 Å². The molecule has 8 aromatic rings. The fourth-order valence-corrected chi connectivity index (χ4v) is 16.0. The number of hydrogen-bond acceptors (Lipinski definition) is 19. The zero-order valence-corrected chi connectivity index (χ0v) is 78.1. The van der Waals surface area contributed by atoms with Crippen molar-refractivity contribution in [2.24, 2.45) is 7.05 Å². The van der Waals surface area contributed by atoms with Crippen molar-refractivity contribution in [3.05, 3.63) is 112 Å². The normalized spacial score (nSPS) is 16.8. The fourth-order valence-electron chi connectivity index (χ4n) is 14.5. The largest absolute Gasteiger partial charge is 0.444 e. The number of pyridine rings is 4. The molecule has 0 aliphatic heterocycles. The molecule has 31 heteroatoms. The average molecular weight is 1910 g/mol. The molecule has 4 atom stereocenters. The first-order chi connectivity index (χ1) is 53.5. The van der Waals surface area contributed by atoms with Gasteiger partial charge in [0, 0.05) is 129 Å². The van der Waals surface area contributed by atoms with Gasteiger partial charge in [0.1, 0.15) is 57.7 Å². The summed E-state index contributed by atoms with van der Waals surface area (Å²) in [5.74, 6) is 0. The third-order valence-corrected chi connectivity index (χ3v) is 21.4. The number of methoxy groups -OCH3 is 4. The van der Waals surface area contributed by atoms with Crippen LogP contribution in [0.1, 0.15) is 175 Å². The Hall–Kier alpha value is -6.29. The maximum absolute atomic E-state index is 12.9. The van der Waals surface area contributed by atoms with Crippen molar-refractivity contribution in [2.75, 3.05) is 86.9 Å². The van der Waals surface area contributed by atoms with E-state index >= 15 is 0 Å². The van der Waals surface area contributed by atoms with E-state index in [0.29, 0.717) is 78.7 Å². The molecular formula is C83H117Br5N12O14. The van der Waals surface area contributed by atoms with Crippen LogP contribution in [0.4, 0.5) is 24.0 Å². The SMILES string of the molecule is CC(C)(C)OC(=O)NC1CCc2c(c3ccc(Br)nc3n2C(=O)OC(C)(C)C)C1.COCCBr.COCCN(C(=O)OC(C)(C)C)C1CCc2[nH]c3nc(Br)ccc3c2C1.COCCN(C(=O)OC(C)(C)C)C1CCc2c(c3ccc(Br)nc3n2C)C1.COCCN(C)C1CCc2c(c3ccc(Br)nc3n2C(=O)OC(C)(C)C)C1. The minimum Gasteiger partial charge on any atom is -0.444 e. The summed E-state index contributed by atoms with van der Waals surface area (Å²) in [6.07, 6.45) is 8.07. The molecule has 4 aliphatic carbocycles. The van der Waals surface area contributed by atoms with Crippen LogP contribution in [0.25, 0.3) is 44.1 Å². The van der Waals surface area contributed by atoms with E-state index in [9.17, 15) is 24.0 Å². The van der Waals surface area contributed by atoms with Gasteiger partial charge in [-0.25, -0.2) is 53.0 Å². The molecule has 114 heavy (non-hydrogen) atoms. The molecule has 26 nitrogen and oxygen atoms in total.